The van der Waals surface area contributed by atoms with Crippen molar-refractivity contribution in [1.82, 2.24) is 0 Å². The van der Waals surface area contributed by atoms with Crippen LogP contribution in [0.25, 0.3) is 0 Å². The third-order valence-corrected chi connectivity index (χ3v) is 2.36. The molecule has 0 spiro atoms. The van der Waals surface area contributed by atoms with Crippen LogP contribution in [-0.2, 0) is 14.3 Å². The van der Waals surface area contributed by atoms with Crippen molar-refractivity contribution in [3.05, 3.63) is 12.2 Å². The molecule has 1 saturated heterocycles. The number of hydrogen-bond acceptors (Lipinski definition) is 3. The first-order valence-electron chi connectivity index (χ1n) is 5.39. The molecule has 0 amide bonds. The van der Waals surface area contributed by atoms with E-state index in [0.29, 0.717) is 5.57 Å². The Kier molecular flexibility index (Phi) is 7.38. The summed E-state index contributed by atoms with van der Waals surface area (Å²) in [7, 11) is 0. The topological polar surface area (TPSA) is 52.1 Å². The normalized spacial score (nSPS) is 21.8. The van der Waals surface area contributed by atoms with Crippen molar-refractivity contribution in [1.29, 1.82) is 0 Å². The van der Waals surface area contributed by atoms with E-state index < -0.39 is 0 Å². The zero-order valence-electron chi connectivity index (χ0n) is 9.87. The summed E-state index contributed by atoms with van der Waals surface area (Å²) in [6, 6.07) is 0. The predicted molar refractivity (Wildman–Crippen MR) is 56.4 cm³/mol. The molecule has 0 saturated carbocycles. The summed E-state index contributed by atoms with van der Waals surface area (Å²) in [4.78, 5) is 11.2. The van der Waals surface area contributed by atoms with Crippen LogP contribution in [-0.4, -0.2) is 37.9 Å². The van der Waals surface area contributed by atoms with Crippen LogP contribution in [0.2, 0.25) is 0 Å². The Morgan fingerprint density at radius 2 is 2.38 bits per heavy atom. The first-order valence-corrected chi connectivity index (χ1v) is 5.39. The van der Waals surface area contributed by atoms with Gasteiger partial charge in [0, 0.05) is 12.0 Å². The molecule has 0 aromatic heterocycles. The maximum Gasteiger partial charge on any atom is 0.333 e. The number of halogens is 1. The molecular formula is C11H20ClNO3. The van der Waals surface area contributed by atoms with E-state index in [4.69, 9.17) is 9.47 Å². The van der Waals surface area contributed by atoms with Crippen molar-refractivity contribution in [2.45, 2.75) is 32.5 Å². The molecule has 16 heavy (non-hydrogen) atoms. The third-order valence-electron chi connectivity index (χ3n) is 2.36. The number of nitrogens with two attached hydrogens (primary N) is 1. The summed E-state index contributed by atoms with van der Waals surface area (Å²) in [6.45, 7) is 9.84. The van der Waals surface area contributed by atoms with E-state index >= 15 is 0 Å². The van der Waals surface area contributed by atoms with Gasteiger partial charge in [0.05, 0.1) is 13.2 Å². The van der Waals surface area contributed by atoms with Gasteiger partial charge in [-0.1, -0.05) is 6.58 Å². The van der Waals surface area contributed by atoms with Gasteiger partial charge in [-0.05, 0) is 13.8 Å². The quantitative estimate of drug-likeness (QED) is 0.423. The number of esters is 1. The van der Waals surface area contributed by atoms with Gasteiger partial charge in [0.2, 0.25) is 0 Å². The molecule has 94 valence electrons. The molecule has 2 atom stereocenters. The van der Waals surface area contributed by atoms with E-state index in [2.05, 4.69) is 11.9 Å². The van der Waals surface area contributed by atoms with Crippen LogP contribution < -0.4 is 17.7 Å². The molecule has 0 bridgehead atoms. The summed E-state index contributed by atoms with van der Waals surface area (Å²) < 4.78 is 10.7. The minimum atomic E-state index is -0.317. The molecule has 5 heteroatoms. The van der Waals surface area contributed by atoms with Crippen LogP contribution in [0.5, 0.6) is 0 Å². The van der Waals surface area contributed by atoms with Gasteiger partial charge < -0.3 is 27.2 Å². The van der Waals surface area contributed by atoms with Crippen LogP contribution >= 0.6 is 0 Å². The van der Waals surface area contributed by atoms with Gasteiger partial charge in [-0.3, -0.25) is 0 Å². The van der Waals surface area contributed by atoms with Gasteiger partial charge in [-0.2, -0.15) is 0 Å². The summed E-state index contributed by atoms with van der Waals surface area (Å²) in [5, 5.41) is 2.22. The smallest absolute Gasteiger partial charge is 0.333 e. The number of carbonyl (C=O) groups is 1. The largest absolute Gasteiger partial charge is 1.00 e. The lowest BCUT2D eigenvalue weighted by atomic mass is 10.1. The van der Waals surface area contributed by atoms with Crippen LogP contribution in [0.1, 0.15) is 20.3 Å². The number of rotatable bonds is 4. The van der Waals surface area contributed by atoms with Gasteiger partial charge in [-0.25, -0.2) is 4.79 Å². The SMILES string of the molecule is C=C(C)C(=O)OC(C)CC1C[NH2+]CCO1.[Cl-]. The zero-order valence-corrected chi connectivity index (χ0v) is 10.6. The molecule has 1 rings (SSSR count). The zero-order chi connectivity index (χ0) is 11.3. The Labute approximate surface area is 103 Å². The molecular weight excluding hydrogens is 230 g/mol. The van der Waals surface area contributed by atoms with Crippen molar-refractivity contribution in [2.75, 3.05) is 19.7 Å². The van der Waals surface area contributed by atoms with Crippen LogP contribution in [0.15, 0.2) is 12.2 Å². The number of ether oxygens (including phenoxy) is 2. The molecule has 4 nitrogen and oxygen atoms in total. The van der Waals surface area contributed by atoms with Crippen LogP contribution in [0, 0.1) is 0 Å². The fourth-order valence-electron chi connectivity index (χ4n) is 1.56. The van der Waals surface area contributed by atoms with E-state index in [0.717, 1.165) is 26.1 Å². The first-order chi connectivity index (χ1) is 7.09. The number of hydrogen-bond donors (Lipinski definition) is 1. The Hall–Kier alpha value is -0.580. The van der Waals surface area contributed by atoms with E-state index in [1.807, 2.05) is 6.92 Å². The van der Waals surface area contributed by atoms with E-state index in [1.165, 1.54) is 0 Å². The molecule has 0 aromatic rings. The highest BCUT2D eigenvalue weighted by Gasteiger charge is 2.21. The highest BCUT2D eigenvalue weighted by Crippen LogP contribution is 2.08. The number of morpholine rings is 1. The fraction of sp³-hybridized carbons (Fsp3) is 0.727. The van der Waals surface area contributed by atoms with Crippen LogP contribution in [0.3, 0.4) is 0 Å². The first kappa shape index (κ1) is 15.4. The second-order valence-corrected chi connectivity index (χ2v) is 4.04. The van der Waals surface area contributed by atoms with Crippen molar-refractivity contribution >= 4 is 5.97 Å². The summed E-state index contributed by atoms with van der Waals surface area (Å²) in [5.74, 6) is -0.317. The summed E-state index contributed by atoms with van der Waals surface area (Å²) >= 11 is 0. The van der Waals surface area contributed by atoms with E-state index in [9.17, 15) is 4.79 Å². The summed E-state index contributed by atoms with van der Waals surface area (Å²) in [5.41, 5.74) is 0.443. The Morgan fingerprint density at radius 1 is 1.69 bits per heavy atom. The molecule has 1 fully saturated rings. The molecule has 1 heterocycles. The monoisotopic (exact) mass is 249 g/mol. The van der Waals surface area contributed by atoms with Crippen molar-refractivity contribution in [3.8, 4) is 0 Å². The number of quaternary nitrogens is 1. The van der Waals surface area contributed by atoms with Gasteiger partial charge in [0.15, 0.2) is 0 Å². The fourth-order valence-corrected chi connectivity index (χ4v) is 1.56. The standard InChI is InChI=1S/C11H19NO3.ClH/c1-8(2)11(13)15-9(3)6-10-7-12-4-5-14-10;/h9-10,12H,1,4-7H2,2-3H3;1H. The molecule has 1 aliphatic heterocycles. The molecule has 2 N–H and O–H groups in total. The number of carbonyl (C=O) groups excluding carboxylic acids is 1. The second kappa shape index (κ2) is 7.65. The average Bonchev–Trinajstić information content (AvgIpc) is 2.18. The summed E-state index contributed by atoms with van der Waals surface area (Å²) in [6.07, 6.45) is 0.854. The van der Waals surface area contributed by atoms with E-state index in [-0.39, 0.29) is 30.6 Å². The highest BCUT2D eigenvalue weighted by atomic mass is 35.5. The molecule has 0 aliphatic carbocycles. The van der Waals surface area contributed by atoms with Crippen LogP contribution in [0.4, 0.5) is 0 Å². The minimum Gasteiger partial charge on any atom is -1.00 e. The molecule has 0 radical (unpaired) electrons. The van der Waals surface area contributed by atoms with Gasteiger partial charge in [-0.15, -0.1) is 0 Å². The maximum atomic E-state index is 11.2. The predicted octanol–water partition coefficient (Wildman–Crippen LogP) is -3.15. The Balaban J connectivity index is 0.00000225. The lowest BCUT2D eigenvalue weighted by molar-refractivity contribution is -0.677. The average molecular weight is 250 g/mol. The third kappa shape index (κ3) is 5.49. The maximum absolute atomic E-state index is 11.2. The molecule has 0 aromatic carbocycles. The van der Waals surface area contributed by atoms with Gasteiger partial charge >= 0.3 is 5.97 Å². The molecule has 2 unspecified atom stereocenters. The Morgan fingerprint density at radius 3 is 2.88 bits per heavy atom. The van der Waals surface area contributed by atoms with Gasteiger partial charge in [0.25, 0.3) is 0 Å². The lowest BCUT2D eigenvalue weighted by Gasteiger charge is -2.23. The van der Waals surface area contributed by atoms with Crippen molar-refractivity contribution < 1.29 is 32.0 Å². The second-order valence-electron chi connectivity index (χ2n) is 4.04. The molecule has 1 aliphatic rings. The lowest BCUT2D eigenvalue weighted by Crippen LogP contribution is -3.00. The van der Waals surface area contributed by atoms with E-state index in [1.54, 1.807) is 6.92 Å². The van der Waals surface area contributed by atoms with Crippen molar-refractivity contribution in [2.24, 2.45) is 0 Å². The van der Waals surface area contributed by atoms with Gasteiger partial charge in [0.1, 0.15) is 18.8 Å². The Bertz CT molecular complexity index is 239. The highest BCUT2D eigenvalue weighted by molar-refractivity contribution is 5.87. The minimum absolute atomic E-state index is 0. The van der Waals surface area contributed by atoms with Crippen molar-refractivity contribution in [3.63, 3.8) is 0 Å².